The molecule has 0 radical (unpaired) electrons. The predicted octanol–water partition coefficient (Wildman–Crippen LogP) is -0.151. The van der Waals surface area contributed by atoms with Crippen LogP contribution in [0.2, 0.25) is 0 Å². The van der Waals surface area contributed by atoms with Gasteiger partial charge in [-0.1, -0.05) is 0 Å². The highest BCUT2D eigenvalue weighted by atomic mass is 31.2. The predicted molar refractivity (Wildman–Crippen MR) is 29.9 cm³/mol. The number of piperazine rings is 1. The maximum atomic E-state index is 11.2. The number of nitrogens with one attached hydrogen (secondary N) is 1. The van der Waals surface area contributed by atoms with Gasteiger partial charge in [0.2, 0.25) is 0 Å². The number of hydrogen-bond donors (Lipinski definition) is 1. The molecule has 44 valence electrons. The Bertz CT molecular complexity index is 176. The molecule has 0 aliphatic carbocycles. The Kier molecular flexibility index (Phi) is 0.415. The first-order valence-corrected chi connectivity index (χ1v) is 4.75. The quantitative estimate of drug-likeness (QED) is 0.365. The Morgan fingerprint density at radius 1 is 1.75 bits per heavy atom. The van der Waals surface area contributed by atoms with Gasteiger partial charge in [-0.05, 0) is 0 Å². The SMILES string of the molecule is O=P12C3NCCN1C32. The number of fused-ring (bicyclic) bond motifs is 2. The second-order valence-corrected chi connectivity index (χ2v) is 5.59. The van der Waals surface area contributed by atoms with Crippen LogP contribution in [0.25, 0.3) is 0 Å². The van der Waals surface area contributed by atoms with E-state index in [4.69, 9.17) is 0 Å². The van der Waals surface area contributed by atoms with E-state index in [-0.39, 0.29) is 0 Å². The van der Waals surface area contributed by atoms with E-state index in [2.05, 4.69) is 9.99 Å². The van der Waals surface area contributed by atoms with Crippen LogP contribution >= 0.6 is 7.29 Å². The molecule has 3 aliphatic heterocycles. The molecule has 3 fully saturated rings. The van der Waals surface area contributed by atoms with Crippen molar-refractivity contribution in [3.8, 4) is 0 Å². The second kappa shape index (κ2) is 0.821. The van der Waals surface area contributed by atoms with E-state index in [0.29, 0.717) is 11.6 Å². The molecule has 1 N–H and O–H groups in total. The molecule has 3 heterocycles. The summed E-state index contributed by atoms with van der Waals surface area (Å²) in [5, 5.41) is 3.22. The van der Waals surface area contributed by atoms with Gasteiger partial charge in [-0.3, -0.25) is 0 Å². The summed E-state index contributed by atoms with van der Waals surface area (Å²) in [6.07, 6.45) is 0. The molecule has 3 nitrogen and oxygen atoms in total. The van der Waals surface area contributed by atoms with Gasteiger partial charge in [0, 0.05) is 13.1 Å². The van der Waals surface area contributed by atoms with Crippen LogP contribution in [0.1, 0.15) is 0 Å². The van der Waals surface area contributed by atoms with Crippen LogP contribution in [0.4, 0.5) is 0 Å². The van der Waals surface area contributed by atoms with Gasteiger partial charge in [0.1, 0.15) is 11.6 Å². The molecule has 0 aromatic carbocycles. The van der Waals surface area contributed by atoms with Crippen LogP contribution in [0.5, 0.6) is 0 Å². The Morgan fingerprint density at radius 2 is 2.50 bits per heavy atom. The molecule has 0 bridgehead atoms. The van der Waals surface area contributed by atoms with Crippen molar-refractivity contribution >= 4 is 7.29 Å². The van der Waals surface area contributed by atoms with E-state index in [1.54, 1.807) is 0 Å². The maximum Gasteiger partial charge on any atom is 0.188 e. The van der Waals surface area contributed by atoms with Crippen molar-refractivity contribution < 1.29 is 4.57 Å². The third-order valence-corrected chi connectivity index (χ3v) is 5.59. The van der Waals surface area contributed by atoms with E-state index in [0.717, 1.165) is 13.1 Å². The summed E-state index contributed by atoms with van der Waals surface area (Å²) in [4.78, 5) is 0. The van der Waals surface area contributed by atoms with E-state index in [9.17, 15) is 4.57 Å². The minimum absolute atomic E-state index is 0.441. The lowest BCUT2D eigenvalue weighted by Crippen LogP contribution is -2.40. The van der Waals surface area contributed by atoms with E-state index < -0.39 is 7.29 Å². The topological polar surface area (TPSA) is 32.1 Å². The van der Waals surface area contributed by atoms with Crippen molar-refractivity contribution in [1.29, 1.82) is 0 Å². The molecule has 4 unspecified atom stereocenters. The van der Waals surface area contributed by atoms with Gasteiger partial charge in [-0.25, -0.2) is 4.67 Å². The van der Waals surface area contributed by atoms with Crippen LogP contribution in [-0.2, 0) is 4.57 Å². The molecule has 4 heteroatoms. The summed E-state index contributed by atoms with van der Waals surface area (Å²) >= 11 is 0. The summed E-state index contributed by atoms with van der Waals surface area (Å²) in [6.45, 7) is 2.07. The molecule has 8 heavy (non-hydrogen) atoms. The average Bonchev–Trinajstić information content (AvgIpc) is 2.60. The zero-order chi connectivity index (χ0) is 5.35. The zero-order valence-electron chi connectivity index (χ0n) is 4.37. The maximum absolute atomic E-state index is 11.2. The molecular weight excluding hydrogens is 123 g/mol. The fraction of sp³-hybridized carbons (Fsp3) is 1.00. The van der Waals surface area contributed by atoms with Gasteiger partial charge in [0.05, 0.1) is 0 Å². The Balaban J connectivity index is 2.07. The van der Waals surface area contributed by atoms with Crippen LogP contribution in [0.15, 0.2) is 0 Å². The van der Waals surface area contributed by atoms with Crippen LogP contribution < -0.4 is 5.32 Å². The molecule has 3 saturated heterocycles. The van der Waals surface area contributed by atoms with Gasteiger partial charge < -0.3 is 9.88 Å². The third kappa shape index (κ3) is 0.206. The fourth-order valence-corrected chi connectivity index (χ4v) is 5.01. The van der Waals surface area contributed by atoms with Gasteiger partial charge in [-0.2, -0.15) is 0 Å². The van der Waals surface area contributed by atoms with Gasteiger partial charge >= 0.3 is 0 Å². The molecule has 0 saturated carbocycles. The first-order chi connectivity index (χ1) is 3.85. The highest BCUT2D eigenvalue weighted by Gasteiger charge is 2.85. The van der Waals surface area contributed by atoms with Gasteiger partial charge in [-0.15, -0.1) is 0 Å². The summed E-state index contributed by atoms with van der Waals surface area (Å²) in [7, 11) is -1.61. The van der Waals surface area contributed by atoms with Crippen molar-refractivity contribution in [3.63, 3.8) is 0 Å². The minimum atomic E-state index is -1.61. The van der Waals surface area contributed by atoms with Crippen molar-refractivity contribution in [2.24, 2.45) is 0 Å². The zero-order valence-corrected chi connectivity index (χ0v) is 5.27. The highest BCUT2D eigenvalue weighted by molar-refractivity contribution is 7.78. The highest BCUT2D eigenvalue weighted by Crippen LogP contribution is 2.93. The normalized spacial score (nSPS) is 73.8. The van der Waals surface area contributed by atoms with Gasteiger partial charge in [0.25, 0.3) is 0 Å². The molecule has 4 atom stereocenters. The minimum Gasteiger partial charge on any atom is -0.303 e. The molecule has 3 rings (SSSR count). The van der Waals surface area contributed by atoms with E-state index in [1.807, 2.05) is 0 Å². The number of nitrogens with zero attached hydrogens (tertiary/aromatic N) is 1. The van der Waals surface area contributed by atoms with Crippen LogP contribution in [0, 0.1) is 0 Å². The standard InChI is InChI=1S/C4H7N2OP/c7-8-3-4(8)6(8)2-1-5-3/h3-5H,1-2H2. The van der Waals surface area contributed by atoms with Crippen LogP contribution in [-0.4, -0.2) is 29.3 Å². The first kappa shape index (κ1) is 4.04. The summed E-state index contributed by atoms with van der Waals surface area (Å²) in [5.74, 6) is 0.951. The van der Waals surface area contributed by atoms with E-state index in [1.165, 1.54) is 0 Å². The lowest BCUT2D eigenvalue weighted by atomic mass is 10.4. The molecule has 0 spiro atoms. The van der Waals surface area contributed by atoms with Crippen molar-refractivity contribution in [2.45, 2.75) is 11.6 Å². The molecule has 3 aliphatic rings. The van der Waals surface area contributed by atoms with Crippen molar-refractivity contribution in [3.05, 3.63) is 0 Å². The molecular formula is C4H7N2OP. The number of rotatable bonds is 0. The third-order valence-electron chi connectivity index (χ3n) is 2.32. The van der Waals surface area contributed by atoms with Gasteiger partial charge in [0.15, 0.2) is 7.29 Å². The Hall–Kier alpha value is 0.150. The average molecular weight is 130 g/mol. The number of hydrogen-bond acceptors (Lipinski definition) is 2. The molecule has 0 aromatic rings. The second-order valence-electron chi connectivity index (χ2n) is 2.65. The lowest BCUT2D eigenvalue weighted by Gasteiger charge is -2.20. The van der Waals surface area contributed by atoms with E-state index >= 15 is 0 Å². The summed E-state index contributed by atoms with van der Waals surface area (Å²) in [6, 6.07) is 0. The fourth-order valence-electron chi connectivity index (χ4n) is 1.72. The Labute approximate surface area is 47.5 Å². The molecule has 0 amide bonds. The smallest absolute Gasteiger partial charge is 0.188 e. The summed E-state index contributed by atoms with van der Waals surface area (Å²) in [5.41, 5.74) is 0. The van der Waals surface area contributed by atoms with Crippen molar-refractivity contribution in [2.75, 3.05) is 13.1 Å². The lowest BCUT2D eigenvalue weighted by molar-refractivity contribution is 0.379. The summed E-state index contributed by atoms with van der Waals surface area (Å²) < 4.78 is 13.3. The van der Waals surface area contributed by atoms with Crippen LogP contribution in [0.3, 0.4) is 0 Å². The van der Waals surface area contributed by atoms with Crippen molar-refractivity contribution in [1.82, 2.24) is 9.99 Å². The largest absolute Gasteiger partial charge is 0.303 e. The molecule has 0 aromatic heterocycles. The monoisotopic (exact) mass is 130 g/mol. The first-order valence-electron chi connectivity index (χ1n) is 2.95. The Morgan fingerprint density at radius 3 is 2.75 bits per heavy atom.